The summed E-state index contributed by atoms with van der Waals surface area (Å²) in [5.41, 5.74) is 1.03. The number of benzene rings is 1. The Morgan fingerprint density at radius 1 is 1.33 bits per heavy atom. The van der Waals surface area contributed by atoms with Gasteiger partial charge in [0, 0.05) is 0 Å². The summed E-state index contributed by atoms with van der Waals surface area (Å²) in [4.78, 5) is 11.9. The van der Waals surface area contributed by atoms with E-state index in [0.29, 0.717) is 11.3 Å². The van der Waals surface area contributed by atoms with E-state index < -0.39 is 5.41 Å². The molecule has 0 N–H and O–H groups in total. The fourth-order valence-corrected chi connectivity index (χ4v) is 1.82. The molecule has 76 valence electrons. The topological polar surface area (TPSA) is 26.3 Å². The van der Waals surface area contributed by atoms with Crippen LogP contribution in [0.15, 0.2) is 12.1 Å². The van der Waals surface area contributed by atoms with Crippen molar-refractivity contribution >= 4 is 5.78 Å². The number of carbonyl (C=O) groups is 1. The standard InChI is InChI=1S/C13H12O2/c1-8-5-9(2)11-10(6-8)12(14)13(3,4)7-15-11/h3-6H,7H2,1-2H3. The van der Waals surface area contributed by atoms with E-state index in [1.54, 1.807) is 6.07 Å². The first-order chi connectivity index (χ1) is 6.92. The third-order valence-corrected chi connectivity index (χ3v) is 2.54. The summed E-state index contributed by atoms with van der Waals surface area (Å²) in [5, 5.41) is 0. The first kappa shape index (κ1) is 10.2. The van der Waals surface area contributed by atoms with Gasteiger partial charge in [0.1, 0.15) is 12.4 Å². The van der Waals surface area contributed by atoms with Gasteiger partial charge >= 0.3 is 0 Å². The van der Waals surface area contributed by atoms with Crippen LogP contribution in [0.5, 0.6) is 5.75 Å². The summed E-state index contributed by atoms with van der Waals surface area (Å²) in [6.07, 6.45) is 0. The van der Waals surface area contributed by atoms with Crippen LogP contribution in [0.3, 0.4) is 0 Å². The van der Waals surface area contributed by atoms with E-state index in [1.807, 2.05) is 19.9 Å². The number of aryl methyl sites for hydroxylation is 2. The number of ketones is 1. The molecular weight excluding hydrogens is 188 g/mol. The minimum absolute atomic E-state index is 0.0305. The first-order valence-electron chi connectivity index (χ1n) is 4.78. The second kappa shape index (κ2) is 3.09. The number of fused-ring (bicyclic) bond motifs is 1. The second-order valence-electron chi connectivity index (χ2n) is 4.12. The molecule has 0 atom stereocenters. The predicted molar refractivity (Wildman–Crippen MR) is 56.8 cm³/mol. The van der Waals surface area contributed by atoms with E-state index in [0.717, 1.165) is 11.1 Å². The van der Waals surface area contributed by atoms with Gasteiger partial charge in [-0.15, -0.1) is 0 Å². The second-order valence-corrected chi connectivity index (χ2v) is 4.12. The van der Waals surface area contributed by atoms with Crippen molar-refractivity contribution in [3.8, 4) is 5.75 Å². The molecule has 2 rings (SSSR count). The summed E-state index contributed by atoms with van der Waals surface area (Å²) in [5.74, 6) is 0.354. The molecule has 1 aliphatic rings. The Hall–Kier alpha value is -1.31. The third-order valence-electron chi connectivity index (χ3n) is 2.54. The SMILES string of the molecule is [CH]C1([CH])COc2c(C)cc(C)cc2C1=O. The van der Waals surface area contributed by atoms with Crippen LogP contribution in [-0.4, -0.2) is 12.4 Å². The molecule has 0 aliphatic carbocycles. The van der Waals surface area contributed by atoms with Gasteiger partial charge in [-0.05, 0) is 44.9 Å². The van der Waals surface area contributed by atoms with E-state index in [4.69, 9.17) is 18.6 Å². The van der Waals surface area contributed by atoms with Crippen molar-refractivity contribution in [3.63, 3.8) is 0 Å². The Balaban J connectivity index is 2.62. The van der Waals surface area contributed by atoms with Crippen LogP contribution >= 0.6 is 0 Å². The number of Topliss-reactive ketones (excluding diaryl/α,β-unsaturated/α-hetero) is 1. The number of ether oxygens (including phenoxy) is 1. The molecule has 0 amide bonds. The molecule has 2 heteroatoms. The molecule has 1 aromatic carbocycles. The molecule has 0 spiro atoms. The lowest BCUT2D eigenvalue weighted by atomic mass is 9.82. The maximum atomic E-state index is 11.9. The highest BCUT2D eigenvalue weighted by Crippen LogP contribution is 2.36. The molecule has 0 bridgehead atoms. The van der Waals surface area contributed by atoms with Gasteiger partial charge in [0.15, 0.2) is 5.78 Å². The van der Waals surface area contributed by atoms with E-state index in [2.05, 4.69) is 0 Å². The highest BCUT2D eigenvalue weighted by molar-refractivity contribution is 6.05. The molecule has 0 aromatic heterocycles. The highest BCUT2D eigenvalue weighted by Gasteiger charge is 2.37. The molecule has 4 radical (unpaired) electrons. The van der Waals surface area contributed by atoms with Gasteiger partial charge in [-0.1, -0.05) is 6.07 Å². The fraction of sp³-hybridized carbons (Fsp3) is 0.308. The summed E-state index contributed by atoms with van der Waals surface area (Å²) in [6.45, 7) is 15.1. The highest BCUT2D eigenvalue weighted by atomic mass is 16.5. The summed E-state index contributed by atoms with van der Waals surface area (Å²) < 4.78 is 5.42. The Morgan fingerprint density at radius 2 is 2.00 bits per heavy atom. The van der Waals surface area contributed by atoms with Gasteiger partial charge < -0.3 is 4.74 Å². The van der Waals surface area contributed by atoms with Gasteiger partial charge in [0.25, 0.3) is 0 Å². The van der Waals surface area contributed by atoms with E-state index >= 15 is 0 Å². The summed E-state index contributed by atoms with van der Waals surface area (Å²) >= 11 is 0. The average molecular weight is 200 g/mol. The van der Waals surface area contributed by atoms with Crippen molar-refractivity contribution in [1.82, 2.24) is 0 Å². The van der Waals surface area contributed by atoms with Gasteiger partial charge in [0.2, 0.25) is 0 Å². The van der Waals surface area contributed by atoms with Crippen molar-refractivity contribution in [2.24, 2.45) is 5.41 Å². The minimum atomic E-state index is -1.40. The number of hydrogen-bond donors (Lipinski definition) is 0. The Morgan fingerprint density at radius 3 is 2.67 bits per heavy atom. The van der Waals surface area contributed by atoms with Crippen molar-refractivity contribution in [2.45, 2.75) is 13.8 Å². The molecule has 0 saturated heterocycles. The smallest absolute Gasteiger partial charge is 0.176 e. The summed E-state index contributed by atoms with van der Waals surface area (Å²) in [7, 11) is 0. The molecule has 2 nitrogen and oxygen atoms in total. The van der Waals surface area contributed by atoms with Crippen LogP contribution in [0.4, 0.5) is 0 Å². The Kier molecular flexibility index (Phi) is 2.10. The monoisotopic (exact) mass is 200 g/mol. The fourth-order valence-electron chi connectivity index (χ4n) is 1.82. The zero-order valence-corrected chi connectivity index (χ0v) is 8.83. The average Bonchev–Trinajstić information content (AvgIpc) is 2.12. The summed E-state index contributed by atoms with van der Waals surface area (Å²) in [6, 6.07) is 3.73. The van der Waals surface area contributed by atoms with E-state index in [9.17, 15) is 4.79 Å². The lowest BCUT2D eigenvalue weighted by molar-refractivity contribution is 0.0780. The molecule has 1 aromatic rings. The molecule has 0 unspecified atom stereocenters. The van der Waals surface area contributed by atoms with Crippen LogP contribution in [0, 0.1) is 33.1 Å². The van der Waals surface area contributed by atoms with Crippen LogP contribution in [-0.2, 0) is 0 Å². The van der Waals surface area contributed by atoms with Gasteiger partial charge in [-0.2, -0.15) is 0 Å². The molecule has 15 heavy (non-hydrogen) atoms. The largest absolute Gasteiger partial charge is 0.491 e. The lowest BCUT2D eigenvalue weighted by Crippen LogP contribution is -2.36. The molecular formula is C13H12O2. The minimum Gasteiger partial charge on any atom is -0.491 e. The van der Waals surface area contributed by atoms with E-state index in [1.165, 1.54) is 0 Å². The number of rotatable bonds is 0. The third kappa shape index (κ3) is 1.54. The Labute approximate surface area is 90.3 Å². The van der Waals surface area contributed by atoms with Crippen molar-refractivity contribution in [3.05, 3.63) is 42.7 Å². The normalized spacial score (nSPS) is 18.3. The molecule has 1 aliphatic heterocycles. The predicted octanol–water partition coefficient (Wildman–Crippen LogP) is 2.29. The van der Waals surface area contributed by atoms with Crippen molar-refractivity contribution in [1.29, 1.82) is 0 Å². The van der Waals surface area contributed by atoms with Gasteiger partial charge in [-0.25, -0.2) is 0 Å². The van der Waals surface area contributed by atoms with Crippen LogP contribution in [0.2, 0.25) is 0 Å². The first-order valence-corrected chi connectivity index (χ1v) is 4.78. The molecule has 0 fully saturated rings. The van der Waals surface area contributed by atoms with Crippen LogP contribution in [0.1, 0.15) is 21.5 Å². The van der Waals surface area contributed by atoms with Gasteiger partial charge in [-0.3, -0.25) is 4.79 Å². The maximum absolute atomic E-state index is 11.9. The van der Waals surface area contributed by atoms with Crippen molar-refractivity contribution < 1.29 is 9.53 Å². The van der Waals surface area contributed by atoms with Crippen molar-refractivity contribution in [2.75, 3.05) is 6.61 Å². The Bertz CT molecular complexity index is 430. The number of carbonyl (C=O) groups excluding carboxylic acids is 1. The zero-order chi connectivity index (χ0) is 11.2. The quantitative estimate of drug-likeness (QED) is 0.642. The number of hydrogen-bond acceptors (Lipinski definition) is 2. The van der Waals surface area contributed by atoms with Crippen LogP contribution in [0.25, 0.3) is 0 Å². The van der Waals surface area contributed by atoms with Gasteiger partial charge in [0.05, 0.1) is 11.0 Å². The lowest BCUT2D eigenvalue weighted by Gasteiger charge is -2.30. The zero-order valence-electron chi connectivity index (χ0n) is 8.83. The molecule has 0 saturated carbocycles. The maximum Gasteiger partial charge on any atom is 0.176 e. The van der Waals surface area contributed by atoms with E-state index in [-0.39, 0.29) is 12.4 Å². The van der Waals surface area contributed by atoms with Crippen LogP contribution < -0.4 is 4.74 Å². The molecule has 1 heterocycles.